The number of hydrogen-bond donors (Lipinski definition) is 1. The number of rotatable bonds is 10. The number of esters is 8. The Morgan fingerprint density at radius 2 is 1.34 bits per heavy atom. The molecule has 5 heterocycles. The zero-order valence-corrected chi connectivity index (χ0v) is 38.1. The minimum atomic E-state index is -3.06. The van der Waals surface area contributed by atoms with E-state index in [0.29, 0.717) is 0 Å². The number of aryl methyl sites for hydroxylation is 1. The van der Waals surface area contributed by atoms with E-state index in [0.717, 1.165) is 60.3 Å². The van der Waals surface area contributed by atoms with E-state index in [2.05, 4.69) is 4.98 Å². The molecule has 0 radical (unpaired) electrons. The van der Waals surface area contributed by atoms with Crippen molar-refractivity contribution in [2.75, 3.05) is 13.2 Å². The van der Waals surface area contributed by atoms with Crippen LogP contribution in [0.15, 0.2) is 64.3 Å². The molecule has 3 fully saturated rings. The number of fused-ring (bicyclic) bond motifs is 5. The van der Waals surface area contributed by atoms with Crippen LogP contribution in [0.25, 0.3) is 0 Å². The largest absolute Gasteiger partial charge is 0.472 e. The highest BCUT2D eigenvalue weighted by molar-refractivity contribution is 6.12. The number of ether oxygens (including phenoxy) is 9. The summed E-state index contributed by atoms with van der Waals surface area (Å²) in [5, 5.41) is 13.9. The highest BCUT2D eigenvalue weighted by atomic mass is 16.7. The molecule has 1 spiro atoms. The standard InChI is InChI=1S/C46H49NO21/c1-22(48)60-21-45-37(64-25(4)51)32(62-23(2)49)31-35(63-24(3)50)46(45)44(8,57)36(33(38(45)65-26(5)52)66-39(54)28-13-17-59-19-28)67-41(56)42(6,34(53)27-12-16-58-18-27)14-11-30-29(10-9-15-47-30)40(55)61-20-43(31,7)68-46/h9-10,12-13,15-19,31-33,35-38,57H,11,14,20-21H2,1-8H3/t31-,32?,33+,35-,36+,37-,38+,42-,43+,44+,45-,46+/m1/s1. The van der Waals surface area contributed by atoms with Gasteiger partial charge in [-0.1, -0.05) is 0 Å². The van der Waals surface area contributed by atoms with Crippen molar-refractivity contribution in [2.45, 2.75) is 122 Å². The van der Waals surface area contributed by atoms with Crippen molar-refractivity contribution in [2.24, 2.45) is 16.7 Å². The normalized spacial score (nSPS) is 34.0. The first-order valence-electron chi connectivity index (χ1n) is 21.3. The first-order chi connectivity index (χ1) is 31.9. The molecule has 22 heteroatoms. The second-order valence-corrected chi connectivity index (χ2v) is 17.8. The van der Waals surface area contributed by atoms with E-state index in [1.807, 2.05) is 0 Å². The van der Waals surface area contributed by atoms with Crippen molar-refractivity contribution in [3.05, 3.63) is 77.9 Å². The summed E-state index contributed by atoms with van der Waals surface area (Å²) in [6, 6.07) is 5.26. The zero-order chi connectivity index (χ0) is 49.7. The maximum absolute atomic E-state index is 15.3. The molecule has 68 heavy (non-hydrogen) atoms. The predicted molar refractivity (Wildman–Crippen MR) is 219 cm³/mol. The van der Waals surface area contributed by atoms with Gasteiger partial charge >= 0.3 is 47.8 Å². The van der Waals surface area contributed by atoms with E-state index in [4.69, 9.17) is 51.5 Å². The van der Waals surface area contributed by atoms with Crippen molar-refractivity contribution in [3.8, 4) is 0 Å². The van der Waals surface area contributed by atoms with E-state index in [1.54, 1.807) is 0 Å². The number of cyclic esters (lactones) is 1. The predicted octanol–water partition coefficient (Wildman–Crippen LogP) is 2.60. The second kappa shape index (κ2) is 17.9. The minimum Gasteiger partial charge on any atom is -0.472 e. The Bertz CT molecular complexity index is 2510. The molecular formula is C46H49NO21. The molecule has 2 aliphatic heterocycles. The molecule has 3 aromatic heterocycles. The van der Waals surface area contributed by atoms with E-state index in [1.165, 1.54) is 50.6 Å². The highest BCUT2D eigenvalue weighted by Gasteiger charge is 2.92. The minimum absolute atomic E-state index is 0.0553. The van der Waals surface area contributed by atoms with Crippen LogP contribution in [-0.4, -0.2) is 130 Å². The van der Waals surface area contributed by atoms with Crippen LogP contribution in [-0.2, 0) is 77.8 Å². The summed E-state index contributed by atoms with van der Waals surface area (Å²) in [5.74, 6) is -11.7. The molecule has 4 aliphatic rings. The van der Waals surface area contributed by atoms with Crippen molar-refractivity contribution in [1.82, 2.24) is 4.98 Å². The van der Waals surface area contributed by atoms with Crippen LogP contribution in [0, 0.1) is 16.7 Å². The zero-order valence-electron chi connectivity index (χ0n) is 38.1. The van der Waals surface area contributed by atoms with Crippen molar-refractivity contribution in [3.63, 3.8) is 0 Å². The van der Waals surface area contributed by atoms with Gasteiger partial charge in [-0.05, 0) is 57.9 Å². The third-order valence-electron chi connectivity index (χ3n) is 13.2. The highest BCUT2D eigenvalue weighted by Crippen LogP contribution is 2.70. The summed E-state index contributed by atoms with van der Waals surface area (Å²) in [5.41, 5.74) is -13.7. The quantitative estimate of drug-likeness (QED) is 0.132. The molecule has 1 N–H and O–H groups in total. The summed E-state index contributed by atoms with van der Waals surface area (Å²) >= 11 is 0. The first-order valence-corrected chi connectivity index (χ1v) is 21.3. The number of hydrogen-bond acceptors (Lipinski definition) is 22. The Balaban J connectivity index is 1.64. The smallest absolute Gasteiger partial charge is 0.341 e. The number of nitrogens with zero attached hydrogens (tertiary/aromatic N) is 1. The van der Waals surface area contributed by atoms with Gasteiger partial charge in [-0.25, -0.2) is 9.59 Å². The van der Waals surface area contributed by atoms with Gasteiger partial charge in [0.05, 0.1) is 40.8 Å². The fourth-order valence-electron chi connectivity index (χ4n) is 10.5. The van der Waals surface area contributed by atoms with Crippen LogP contribution in [0.1, 0.15) is 98.6 Å². The molecule has 2 aliphatic carbocycles. The number of aromatic nitrogens is 1. The average molecular weight is 952 g/mol. The maximum Gasteiger partial charge on any atom is 0.341 e. The van der Waals surface area contributed by atoms with Gasteiger partial charge in [-0.15, -0.1) is 0 Å². The summed E-state index contributed by atoms with van der Waals surface area (Å²) in [6.45, 7) is 6.32. The third-order valence-corrected chi connectivity index (χ3v) is 13.2. The number of aliphatic hydroxyl groups is 1. The lowest BCUT2D eigenvalue weighted by molar-refractivity contribution is -0.386. The number of furan rings is 2. The Morgan fingerprint density at radius 3 is 1.91 bits per heavy atom. The number of Topliss-reactive ketones (excluding diaryl/α,β-unsaturated/α-hetero) is 1. The van der Waals surface area contributed by atoms with Gasteiger partial charge in [0.15, 0.2) is 35.8 Å². The maximum atomic E-state index is 15.3. The summed E-state index contributed by atoms with van der Waals surface area (Å²) in [6.07, 6.45) is -8.13. The average Bonchev–Trinajstić information content (AvgIpc) is 4.04. The monoisotopic (exact) mass is 951 g/mol. The van der Waals surface area contributed by atoms with Crippen molar-refractivity contribution >= 4 is 53.5 Å². The van der Waals surface area contributed by atoms with Crippen LogP contribution in [0.4, 0.5) is 0 Å². The van der Waals surface area contributed by atoms with Crippen LogP contribution in [0.2, 0.25) is 0 Å². The molecule has 0 aromatic carbocycles. The molecule has 1 saturated heterocycles. The lowest BCUT2D eigenvalue weighted by atomic mass is 9.45. The molecule has 2 saturated carbocycles. The van der Waals surface area contributed by atoms with Gasteiger partial charge in [-0.3, -0.25) is 38.5 Å². The molecule has 1 unspecified atom stereocenters. The Morgan fingerprint density at radius 1 is 0.750 bits per heavy atom. The SMILES string of the molecule is CC(=O)OC[C@]12[C@H](OC(C)=O)C(OC(C)=O)[C@@H]3[C@@H](OC(C)=O)[C@@]14O[C@@]3(C)COC(=O)c1cccnc1CC[C@](C)(C(=O)c1ccoc1)C(=O)O[C@@H]([C@H](OC(=O)c1ccoc1)[C@@H]2OC(C)=O)[C@]4(C)O. The van der Waals surface area contributed by atoms with Gasteiger partial charge in [0.2, 0.25) is 0 Å². The summed E-state index contributed by atoms with van der Waals surface area (Å²) in [4.78, 5) is 130. The molecular weight excluding hydrogens is 902 g/mol. The Hall–Kier alpha value is -6.94. The first kappa shape index (κ1) is 49.0. The van der Waals surface area contributed by atoms with Crippen molar-refractivity contribution in [1.29, 1.82) is 0 Å². The molecule has 12 atom stereocenters. The molecule has 3 aromatic rings. The van der Waals surface area contributed by atoms with Gasteiger partial charge in [0, 0.05) is 40.8 Å². The van der Waals surface area contributed by atoms with Gasteiger partial charge in [-0.2, -0.15) is 0 Å². The van der Waals surface area contributed by atoms with Crippen LogP contribution >= 0.6 is 0 Å². The van der Waals surface area contributed by atoms with Crippen LogP contribution < -0.4 is 0 Å². The van der Waals surface area contributed by atoms with E-state index in [-0.39, 0.29) is 28.8 Å². The lowest BCUT2D eigenvalue weighted by Crippen LogP contribution is -2.89. The summed E-state index contributed by atoms with van der Waals surface area (Å²) < 4.78 is 65.8. The molecule has 4 bridgehead atoms. The fourth-order valence-corrected chi connectivity index (χ4v) is 10.5. The summed E-state index contributed by atoms with van der Waals surface area (Å²) in [7, 11) is 0. The Labute approximate surface area is 387 Å². The lowest BCUT2D eigenvalue weighted by Gasteiger charge is -2.67. The van der Waals surface area contributed by atoms with Gasteiger partial charge < -0.3 is 56.6 Å². The van der Waals surface area contributed by atoms with Crippen LogP contribution in [0.3, 0.4) is 0 Å². The second-order valence-electron chi connectivity index (χ2n) is 17.8. The van der Waals surface area contributed by atoms with E-state index < -0.39 is 143 Å². The molecule has 7 rings (SSSR count). The van der Waals surface area contributed by atoms with Gasteiger partial charge in [0.25, 0.3) is 0 Å². The number of carbonyl (C=O) groups is 9. The third kappa shape index (κ3) is 7.97. The van der Waals surface area contributed by atoms with E-state index >= 15 is 4.79 Å². The topological polar surface area (TPSA) is 296 Å². The van der Waals surface area contributed by atoms with Crippen LogP contribution in [0.5, 0.6) is 0 Å². The van der Waals surface area contributed by atoms with Crippen molar-refractivity contribution < 1.29 is 99.7 Å². The number of carbonyl (C=O) groups excluding carboxylic acids is 9. The number of pyridine rings is 1. The van der Waals surface area contributed by atoms with Gasteiger partial charge in [0.1, 0.15) is 60.0 Å². The molecule has 22 nitrogen and oxygen atoms in total. The molecule has 0 amide bonds. The van der Waals surface area contributed by atoms with E-state index in [9.17, 15) is 43.5 Å². The fraction of sp³-hybridized carbons (Fsp3) is 0.522. The molecule has 364 valence electrons. The Kier molecular flexibility index (Phi) is 12.9. The number of ketones is 1.